The number of terminal acetylenes is 1. The summed E-state index contributed by atoms with van der Waals surface area (Å²) in [5, 5.41) is 0. The molecule has 0 amide bonds. The van der Waals surface area contributed by atoms with E-state index in [9.17, 15) is 4.79 Å². The molecule has 4 nitrogen and oxygen atoms in total. The molecule has 2 atom stereocenters. The minimum absolute atomic E-state index is 0.346. The van der Waals surface area contributed by atoms with Crippen molar-refractivity contribution in [3.8, 4) is 12.3 Å². The Hall–Kier alpha value is -0.993. The molecular weight excluding hydrogens is 320 g/mol. The third kappa shape index (κ3) is 4.15. The Balaban J connectivity index is 2.80. The highest BCUT2D eigenvalue weighted by Crippen LogP contribution is 2.42. The Morgan fingerprint density at radius 3 is 2.04 bits per heavy atom. The molecular formula is C19H34O4Si. The molecule has 0 aromatic carbocycles. The van der Waals surface area contributed by atoms with Crippen LogP contribution in [-0.4, -0.2) is 33.3 Å². The molecule has 1 aliphatic heterocycles. The molecule has 1 saturated heterocycles. The van der Waals surface area contributed by atoms with Crippen LogP contribution in [0, 0.1) is 17.8 Å². The third-order valence-electron chi connectivity index (χ3n) is 5.35. The van der Waals surface area contributed by atoms with Crippen molar-refractivity contribution in [2.45, 2.75) is 90.6 Å². The van der Waals surface area contributed by atoms with Gasteiger partial charge in [0.2, 0.25) is 0 Å². The molecule has 1 aliphatic rings. The number of ether oxygens (including phenoxy) is 2. The van der Waals surface area contributed by atoms with E-state index in [0.29, 0.717) is 29.7 Å². The summed E-state index contributed by atoms with van der Waals surface area (Å²) in [4.78, 5) is 11.6. The van der Waals surface area contributed by atoms with Crippen LogP contribution in [0.25, 0.3) is 0 Å². The second kappa shape index (κ2) is 7.92. The van der Waals surface area contributed by atoms with Crippen LogP contribution in [0.1, 0.15) is 61.8 Å². The number of carbonyl (C=O) groups is 1. The highest BCUT2D eigenvalue weighted by Gasteiger charge is 2.47. The van der Waals surface area contributed by atoms with Gasteiger partial charge in [0.25, 0.3) is 0 Å². The maximum Gasteiger partial charge on any atom is 0.509 e. The van der Waals surface area contributed by atoms with E-state index in [1.165, 1.54) is 0 Å². The van der Waals surface area contributed by atoms with Gasteiger partial charge in [-0.1, -0.05) is 47.5 Å². The number of hydrogen-bond acceptors (Lipinski definition) is 4. The van der Waals surface area contributed by atoms with E-state index < -0.39 is 26.0 Å². The number of cyclic esters (lactones) is 2. The Kier molecular flexibility index (Phi) is 6.95. The van der Waals surface area contributed by atoms with Crippen LogP contribution in [-0.2, 0) is 13.9 Å². The molecule has 2 unspecified atom stereocenters. The Bertz CT molecular complexity index is 454. The normalized spacial score (nSPS) is 22.0. The summed E-state index contributed by atoms with van der Waals surface area (Å²) in [6.07, 6.45) is 4.80. The average molecular weight is 355 g/mol. The van der Waals surface area contributed by atoms with Crippen molar-refractivity contribution in [3.63, 3.8) is 0 Å². The molecule has 0 aliphatic carbocycles. The van der Waals surface area contributed by atoms with Crippen molar-refractivity contribution in [2.24, 2.45) is 5.41 Å². The summed E-state index contributed by atoms with van der Waals surface area (Å²) in [7, 11) is -1.91. The summed E-state index contributed by atoms with van der Waals surface area (Å²) in [5.41, 5.74) is 1.02. The molecule has 0 saturated carbocycles. The van der Waals surface area contributed by atoms with Gasteiger partial charge in [-0.2, -0.15) is 0 Å². The quantitative estimate of drug-likeness (QED) is 0.344. The lowest BCUT2D eigenvalue weighted by Gasteiger charge is -2.42. The fourth-order valence-electron chi connectivity index (χ4n) is 4.15. The van der Waals surface area contributed by atoms with Crippen molar-refractivity contribution < 1.29 is 18.7 Å². The molecule has 0 radical (unpaired) electrons. The van der Waals surface area contributed by atoms with Crippen LogP contribution < -0.4 is 0 Å². The van der Waals surface area contributed by atoms with E-state index in [0.717, 1.165) is 0 Å². The first-order chi connectivity index (χ1) is 11.0. The molecule has 24 heavy (non-hydrogen) atoms. The van der Waals surface area contributed by atoms with Gasteiger partial charge < -0.3 is 13.9 Å². The molecule has 1 rings (SSSR count). The minimum Gasteiger partial charge on any atom is -0.427 e. The van der Waals surface area contributed by atoms with Gasteiger partial charge in [0, 0.05) is 13.0 Å². The molecule has 1 fully saturated rings. The summed E-state index contributed by atoms with van der Waals surface area (Å²) in [6.45, 7) is 17.9. The van der Waals surface area contributed by atoms with Crippen LogP contribution in [0.5, 0.6) is 0 Å². The Morgan fingerprint density at radius 2 is 1.62 bits per heavy atom. The van der Waals surface area contributed by atoms with Crippen LogP contribution in [0.3, 0.4) is 0 Å². The lowest BCUT2D eigenvalue weighted by Crippen LogP contribution is -2.48. The highest BCUT2D eigenvalue weighted by molar-refractivity contribution is 6.77. The molecule has 0 aromatic heterocycles. The maximum absolute atomic E-state index is 11.6. The summed E-state index contributed by atoms with van der Waals surface area (Å²) in [5.74, 6) is 2.71. The van der Waals surface area contributed by atoms with Crippen molar-refractivity contribution in [2.75, 3.05) is 6.61 Å². The minimum atomic E-state index is -1.91. The summed E-state index contributed by atoms with van der Waals surface area (Å²) in [6, 6.07) is 0. The fourth-order valence-corrected chi connectivity index (χ4v) is 9.62. The van der Waals surface area contributed by atoms with Gasteiger partial charge in [-0.3, -0.25) is 0 Å². The first-order valence-corrected chi connectivity index (χ1v) is 11.1. The standard InChI is InChI=1S/C19H34O4Si/c1-10-19(8,9)17-16(22-18(20)23-17)11-12-21-24(13(2)3,14(4)5)15(6)7/h1,13-17H,11-12H2,2-9H3. The van der Waals surface area contributed by atoms with Gasteiger partial charge in [-0.05, 0) is 30.5 Å². The molecule has 1 heterocycles. The Morgan fingerprint density at radius 1 is 1.12 bits per heavy atom. The number of hydrogen-bond donors (Lipinski definition) is 0. The van der Waals surface area contributed by atoms with Crippen molar-refractivity contribution in [1.82, 2.24) is 0 Å². The van der Waals surface area contributed by atoms with E-state index in [1.807, 2.05) is 13.8 Å². The summed E-state index contributed by atoms with van der Waals surface area (Å²) < 4.78 is 17.2. The van der Waals surface area contributed by atoms with Gasteiger partial charge in [0.15, 0.2) is 14.4 Å². The molecule has 0 aromatic rings. The second-order valence-electron chi connectivity index (χ2n) is 8.27. The molecule has 5 heteroatoms. The largest absolute Gasteiger partial charge is 0.509 e. The van der Waals surface area contributed by atoms with Crippen LogP contribution in [0.2, 0.25) is 16.6 Å². The SMILES string of the molecule is C#CC(C)(C)C1OC(=O)OC1CCO[Si](C(C)C)(C(C)C)C(C)C. The fraction of sp³-hybridized carbons (Fsp3) is 0.842. The monoisotopic (exact) mass is 354 g/mol. The molecule has 0 bridgehead atoms. The van der Waals surface area contributed by atoms with Crippen LogP contribution >= 0.6 is 0 Å². The van der Waals surface area contributed by atoms with Gasteiger partial charge in [-0.25, -0.2) is 4.79 Å². The van der Waals surface area contributed by atoms with Gasteiger partial charge in [0.1, 0.15) is 6.10 Å². The van der Waals surface area contributed by atoms with Crippen molar-refractivity contribution in [1.29, 1.82) is 0 Å². The highest BCUT2D eigenvalue weighted by atomic mass is 28.4. The van der Waals surface area contributed by atoms with Crippen LogP contribution in [0.4, 0.5) is 4.79 Å². The molecule has 0 spiro atoms. The molecule has 0 N–H and O–H groups in total. The van der Waals surface area contributed by atoms with E-state index in [4.69, 9.17) is 20.3 Å². The van der Waals surface area contributed by atoms with E-state index in [1.54, 1.807) is 0 Å². The second-order valence-corrected chi connectivity index (χ2v) is 13.7. The lowest BCUT2D eigenvalue weighted by atomic mass is 9.84. The van der Waals surface area contributed by atoms with Crippen LogP contribution in [0.15, 0.2) is 0 Å². The third-order valence-corrected chi connectivity index (χ3v) is 11.5. The van der Waals surface area contributed by atoms with Gasteiger partial charge in [0.05, 0.1) is 5.41 Å². The predicted octanol–water partition coefficient (Wildman–Crippen LogP) is 5.13. The smallest absolute Gasteiger partial charge is 0.427 e. The Labute approximate surface area is 148 Å². The predicted molar refractivity (Wildman–Crippen MR) is 99.4 cm³/mol. The zero-order valence-electron chi connectivity index (χ0n) is 16.5. The number of rotatable bonds is 8. The average Bonchev–Trinajstić information content (AvgIpc) is 2.84. The first-order valence-electron chi connectivity index (χ1n) is 8.98. The van der Waals surface area contributed by atoms with Gasteiger partial charge in [-0.15, -0.1) is 6.42 Å². The lowest BCUT2D eigenvalue weighted by molar-refractivity contribution is 0.0625. The first kappa shape index (κ1) is 21.1. The van der Waals surface area contributed by atoms with E-state index in [-0.39, 0.29) is 6.10 Å². The maximum atomic E-state index is 11.6. The zero-order chi connectivity index (χ0) is 18.7. The van der Waals surface area contributed by atoms with Gasteiger partial charge >= 0.3 is 6.16 Å². The van der Waals surface area contributed by atoms with Crippen molar-refractivity contribution >= 4 is 14.5 Å². The topological polar surface area (TPSA) is 44.8 Å². The van der Waals surface area contributed by atoms with Crippen molar-refractivity contribution in [3.05, 3.63) is 0 Å². The number of carbonyl (C=O) groups excluding carboxylic acids is 1. The summed E-state index contributed by atoms with van der Waals surface area (Å²) >= 11 is 0. The zero-order valence-corrected chi connectivity index (χ0v) is 17.5. The van der Waals surface area contributed by atoms with E-state index in [2.05, 4.69) is 47.5 Å². The van der Waals surface area contributed by atoms with E-state index >= 15 is 0 Å². The molecule has 138 valence electrons.